The molecule has 2 aromatic heterocycles. The number of ether oxygens (including phenoxy) is 2. The van der Waals surface area contributed by atoms with Crippen LogP contribution in [0.4, 0.5) is 4.39 Å². The highest BCUT2D eigenvalue weighted by atomic mass is 19.1. The monoisotopic (exact) mass is 470 g/mol. The van der Waals surface area contributed by atoms with Gasteiger partial charge in [-0.05, 0) is 17.7 Å². The predicted molar refractivity (Wildman–Crippen MR) is 120 cm³/mol. The highest BCUT2D eigenvalue weighted by Gasteiger charge is 2.34. The lowest BCUT2D eigenvalue weighted by atomic mass is 10.0. The lowest BCUT2D eigenvalue weighted by Gasteiger charge is -2.28. The van der Waals surface area contributed by atoms with Gasteiger partial charge in [0, 0.05) is 38.9 Å². The van der Waals surface area contributed by atoms with Crippen LogP contribution in [0, 0.1) is 5.82 Å². The van der Waals surface area contributed by atoms with Crippen molar-refractivity contribution >= 4 is 22.8 Å². The van der Waals surface area contributed by atoms with E-state index in [4.69, 9.17) is 9.47 Å². The van der Waals surface area contributed by atoms with E-state index in [0.29, 0.717) is 5.56 Å². The first kappa shape index (κ1) is 23.2. The topological polar surface area (TPSA) is 132 Å². The van der Waals surface area contributed by atoms with E-state index in [-0.39, 0.29) is 48.7 Å². The lowest BCUT2D eigenvalue weighted by Crippen LogP contribution is -2.45. The molecule has 3 N–H and O–H groups in total. The Morgan fingerprint density at radius 1 is 1.32 bits per heavy atom. The van der Waals surface area contributed by atoms with Crippen molar-refractivity contribution in [3.05, 3.63) is 63.3 Å². The Bertz CT molecular complexity index is 1320. The Morgan fingerprint density at radius 2 is 2.06 bits per heavy atom. The Kier molecular flexibility index (Phi) is 6.46. The molecule has 0 saturated heterocycles. The van der Waals surface area contributed by atoms with Crippen molar-refractivity contribution in [1.82, 2.24) is 20.2 Å². The number of amides is 2. The summed E-state index contributed by atoms with van der Waals surface area (Å²) in [7, 11) is 2.91. The van der Waals surface area contributed by atoms with Gasteiger partial charge >= 0.3 is 0 Å². The van der Waals surface area contributed by atoms with Gasteiger partial charge in [-0.3, -0.25) is 23.9 Å². The molecule has 0 aliphatic carbocycles. The fraction of sp³-hybridized carbons (Fsp3) is 0.304. The van der Waals surface area contributed by atoms with Crippen molar-refractivity contribution in [3.8, 4) is 11.5 Å². The van der Waals surface area contributed by atoms with E-state index in [9.17, 15) is 23.9 Å². The third-order valence-electron chi connectivity index (χ3n) is 5.54. The highest BCUT2D eigenvalue weighted by Crippen LogP contribution is 2.37. The number of aromatic nitrogens is 2. The summed E-state index contributed by atoms with van der Waals surface area (Å²) < 4.78 is 25.4. The van der Waals surface area contributed by atoms with Crippen LogP contribution in [-0.2, 0) is 22.5 Å². The van der Waals surface area contributed by atoms with Crippen molar-refractivity contribution in [2.24, 2.45) is 0 Å². The molecule has 0 radical (unpaired) electrons. The molecule has 0 unspecified atom stereocenters. The number of rotatable bonds is 7. The van der Waals surface area contributed by atoms with Crippen LogP contribution in [0.25, 0.3) is 11.0 Å². The number of hydrogen-bond acceptors (Lipinski definition) is 7. The molecule has 2 amide bonds. The van der Waals surface area contributed by atoms with Crippen LogP contribution in [0.5, 0.6) is 11.5 Å². The summed E-state index contributed by atoms with van der Waals surface area (Å²) >= 11 is 0. The fourth-order valence-corrected chi connectivity index (χ4v) is 3.86. The molecule has 178 valence electrons. The number of aromatic hydroxyl groups is 1. The number of halogens is 1. The molecule has 1 aromatic carbocycles. The minimum atomic E-state index is -1.05. The number of benzene rings is 1. The molecule has 3 heterocycles. The number of methoxy groups -OCH3 is 1. The largest absolute Gasteiger partial charge is 0.505 e. The molecule has 34 heavy (non-hydrogen) atoms. The molecular weight excluding hydrogens is 447 g/mol. The molecule has 10 nitrogen and oxygen atoms in total. The molecular formula is C23H23FN4O6. The Morgan fingerprint density at radius 3 is 2.74 bits per heavy atom. The molecule has 3 aromatic rings. The van der Waals surface area contributed by atoms with Crippen molar-refractivity contribution in [1.29, 1.82) is 0 Å². The number of nitrogens with one attached hydrogen (secondary N) is 2. The second-order valence-corrected chi connectivity index (χ2v) is 7.72. The average Bonchev–Trinajstić information content (AvgIpc) is 2.84. The van der Waals surface area contributed by atoms with Crippen LogP contribution < -0.4 is 20.9 Å². The maximum atomic E-state index is 13.3. The van der Waals surface area contributed by atoms with Gasteiger partial charge in [0.15, 0.2) is 17.6 Å². The fourth-order valence-electron chi connectivity index (χ4n) is 3.86. The SMILES string of the molecule is CNC(=O)[C@H]1Cn2c(=O)c(C(=O)NCCOC)c(O)c3ncc(Cc4ccc(F)cc4)c(c32)O1. The molecule has 0 spiro atoms. The van der Waals surface area contributed by atoms with Crippen molar-refractivity contribution in [2.45, 2.75) is 19.1 Å². The van der Waals surface area contributed by atoms with Gasteiger partial charge in [-0.15, -0.1) is 0 Å². The third kappa shape index (κ3) is 4.17. The van der Waals surface area contributed by atoms with Crippen LogP contribution in [0.2, 0.25) is 0 Å². The number of carbonyl (C=O) groups is 2. The Balaban J connectivity index is 1.88. The van der Waals surface area contributed by atoms with E-state index in [1.807, 2.05) is 0 Å². The predicted octanol–water partition coefficient (Wildman–Crippen LogP) is 0.715. The minimum absolute atomic E-state index is 0.00953. The van der Waals surface area contributed by atoms with Gasteiger partial charge in [0.05, 0.1) is 13.2 Å². The van der Waals surface area contributed by atoms with Crippen LogP contribution in [0.15, 0.2) is 35.3 Å². The van der Waals surface area contributed by atoms with E-state index in [2.05, 4.69) is 15.6 Å². The quantitative estimate of drug-likeness (QED) is 0.434. The number of carbonyl (C=O) groups excluding carboxylic acids is 2. The van der Waals surface area contributed by atoms with Crippen LogP contribution in [0.3, 0.4) is 0 Å². The standard InChI is InChI=1S/C23H23FN4O6/c1-25-21(30)15-11-28-18-17(19(29)16(23(28)32)22(31)26-7-8-33-2)27-10-13(20(18)34-15)9-12-3-5-14(24)6-4-12/h3-6,10,15,29H,7-9,11H2,1-2H3,(H,25,30)(H,26,31)/t15-/m1/s1. The summed E-state index contributed by atoms with van der Waals surface area (Å²) in [5.74, 6) is -2.02. The molecule has 0 fully saturated rings. The molecule has 1 atom stereocenters. The van der Waals surface area contributed by atoms with Gasteiger partial charge < -0.3 is 25.2 Å². The Labute approximate surface area is 193 Å². The van der Waals surface area contributed by atoms with Crippen molar-refractivity contribution in [3.63, 3.8) is 0 Å². The maximum absolute atomic E-state index is 13.3. The first-order valence-corrected chi connectivity index (χ1v) is 10.5. The summed E-state index contributed by atoms with van der Waals surface area (Å²) in [5, 5.41) is 15.8. The van der Waals surface area contributed by atoms with Crippen LogP contribution in [0.1, 0.15) is 21.5 Å². The first-order chi connectivity index (χ1) is 16.3. The highest BCUT2D eigenvalue weighted by molar-refractivity contribution is 6.02. The second kappa shape index (κ2) is 9.48. The summed E-state index contributed by atoms with van der Waals surface area (Å²) in [6.45, 7) is 0.170. The van der Waals surface area contributed by atoms with E-state index >= 15 is 0 Å². The molecule has 1 aliphatic heterocycles. The molecule has 11 heteroatoms. The lowest BCUT2D eigenvalue weighted by molar-refractivity contribution is -0.128. The number of hydrogen-bond donors (Lipinski definition) is 3. The van der Waals surface area contributed by atoms with E-state index in [0.717, 1.165) is 5.56 Å². The Hall–Kier alpha value is -3.99. The summed E-state index contributed by atoms with van der Waals surface area (Å²) in [5.41, 5.74) is 0.180. The molecule has 4 rings (SSSR count). The van der Waals surface area contributed by atoms with Crippen LogP contribution >= 0.6 is 0 Å². The number of nitrogens with zero attached hydrogens (tertiary/aromatic N) is 2. The summed E-state index contributed by atoms with van der Waals surface area (Å²) in [6, 6.07) is 5.84. The van der Waals surface area contributed by atoms with Gasteiger partial charge in [-0.1, -0.05) is 12.1 Å². The van der Waals surface area contributed by atoms with Gasteiger partial charge in [0.25, 0.3) is 17.4 Å². The second-order valence-electron chi connectivity index (χ2n) is 7.72. The van der Waals surface area contributed by atoms with Gasteiger partial charge in [0.1, 0.15) is 22.4 Å². The normalized spacial score (nSPS) is 14.5. The summed E-state index contributed by atoms with van der Waals surface area (Å²) in [4.78, 5) is 42.7. The van der Waals surface area contributed by atoms with Gasteiger partial charge in [-0.25, -0.2) is 4.39 Å². The zero-order chi connectivity index (χ0) is 24.4. The smallest absolute Gasteiger partial charge is 0.268 e. The van der Waals surface area contributed by atoms with E-state index in [1.54, 1.807) is 12.1 Å². The molecule has 0 saturated carbocycles. The van der Waals surface area contributed by atoms with E-state index in [1.165, 1.54) is 37.1 Å². The third-order valence-corrected chi connectivity index (χ3v) is 5.54. The summed E-state index contributed by atoms with van der Waals surface area (Å²) in [6.07, 6.45) is 0.656. The zero-order valence-electron chi connectivity index (χ0n) is 18.6. The van der Waals surface area contributed by atoms with Crippen molar-refractivity contribution in [2.75, 3.05) is 27.3 Å². The first-order valence-electron chi connectivity index (χ1n) is 10.5. The minimum Gasteiger partial charge on any atom is -0.505 e. The maximum Gasteiger partial charge on any atom is 0.268 e. The average molecular weight is 470 g/mol. The van der Waals surface area contributed by atoms with Crippen LogP contribution in [-0.4, -0.2) is 59.9 Å². The zero-order valence-corrected chi connectivity index (χ0v) is 18.6. The van der Waals surface area contributed by atoms with Crippen molar-refractivity contribution < 1.29 is 28.6 Å². The van der Waals surface area contributed by atoms with E-state index < -0.39 is 34.8 Å². The molecule has 1 aliphatic rings. The molecule has 0 bridgehead atoms. The van der Waals surface area contributed by atoms with Gasteiger partial charge in [-0.2, -0.15) is 0 Å². The number of likely N-dealkylation sites (N-methyl/N-ethyl adjacent to an activating group) is 1. The number of pyridine rings is 2. The van der Waals surface area contributed by atoms with Gasteiger partial charge in [0.2, 0.25) is 0 Å².